The van der Waals surface area contributed by atoms with Crippen LogP contribution in [-0.2, 0) is 0 Å². The van der Waals surface area contributed by atoms with Gasteiger partial charge in [-0.05, 0) is 18.0 Å². The number of halogens is 1. The third kappa shape index (κ3) is 1.45. The molecule has 9 heavy (non-hydrogen) atoms. The fraction of sp³-hybridized carbons (Fsp3) is 0.857. The van der Waals surface area contributed by atoms with Crippen LogP contribution in [0, 0.1) is 5.92 Å². The Hall–Kier alpha value is -0.0400. The third-order valence-corrected chi connectivity index (χ3v) is 2.56. The highest BCUT2D eigenvalue weighted by Gasteiger charge is 2.21. The van der Waals surface area contributed by atoms with E-state index in [0.717, 1.165) is 11.7 Å². The summed E-state index contributed by atoms with van der Waals surface area (Å²) in [4.78, 5) is 0. The van der Waals surface area contributed by atoms with Gasteiger partial charge in [0.15, 0.2) is 0 Å². The molecule has 0 aromatic rings. The summed E-state index contributed by atoms with van der Waals surface area (Å²) >= 11 is 5.96. The second-order valence-electron chi connectivity index (χ2n) is 2.79. The predicted octanol–water partition coefficient (Wildman–Crippen LogP) is 1.70. The zero-order valence-corrected chi connectivity index (χ0v) is 6.78. The molecule has 1 unspecified atom stereocenters. The molecule has 0 N–H and O–H groups in total. The first kappa shape index (κ1) is 7.07. The minimum absolute atomic E-state index is 0.588. The van der Waals surface area contributed by atoms with Gasteiger partial charge >= 0.3 is 0 Å². The van der Waals surface area contributed by atoms with E-state index in [1.807, 2.05) is 0 Å². The maximum absolute atomic E-state index is 5.96. The highest BCUT2D eigenvalue weighted by Crippen LogP contribution is 2.14. The van der Waals surface area contributed by atoms with Crippen LogP contribution in [0.15, 0.2) is 0 Å². The Morgan fingerprint density at radius 1 is 1.67 bits per heavy atom. The largest absolute Gasteiger partial charge is 0.247 e. The topological polar surface area (TPSA) is 3.01 Å². The van der Waals surface area contributed by atoms with E-state index in [2.05, 4.69) is 18.5 Å². The van der Waals surface area contributed by atoms with Crippen molar-refractivity contribution in [3.05, 3.63) is 0 Å². The highest BCUT2D eigenvalue weighted by molar-refractivity contribution is 6.64. The maximum Gasteiger partial charge on any atom is 0.247 e. The van der Waals surface area contributed by atoms with Gasteiger partial charge in [-0.2, -0.15) is 0 Å². The SMILES string of the molecule is CC1CCC[N+](C)=C1Cl. The molecule has 0 radical (unpaired) electrons. The summed E-state index contributed by atoms with van der Waals surface area (Å²) in [6.45, 7) is 3.31. The molecule has 0 aliphatic carbocycles. The van der Waals surface area contributed by atoms with Gasteiger partial charge in [-0.25, -0.2) is 4.58 Å². The third-order valence-electron chi connectivity index (χ3n) is 1.90. The van der Waals surface area contributed by atoms with Crippen molar-refractivity contribution in [1.82, 2.24) is 0 Å². The predicted molar refractivity (Wildman–Crippen MR) is 40.3 cm³/mol. The average molecular weight is 147 g/mol. The van der Waals surface area contributed by atoms with Crippen LogP contribution in [0.25, 0.3) is 0 Å². The number of rotatable bonds is 0. The van der Waals surface area contributed by atoms with Gasteiger partial charge in [0.2, 0.25) is 5.17 Å². The summed E-state index contributed by atoms with van der Waals surface area (Å²) in [6, 6.07) is 0. The van der Waals surface area contributed by atoms with Crippen LogP contribution < -0.4 is 0 Å². The minimum Gasteiger partial charge on any atom is -0.226 e. The van der Waals surface area contributed by atoms with Crippen molar-refractivity contribution in [3.63, 3.8) is 0 Å². The van der Waals surface area contributed by atoms with Gasteiger partial charge in [-0.3, -0.25) is 0 Å². The average Bonchev–Trinajstić information content (AvgIpc) is 1.83. The van der Waals surface area contributed by atoms with E-state index >= 15 is 0 Å². The second kappa shape index (κ2) is 2.70. The molecular weight excluding hydrogens is 134 g/mol. The van der Waals surface area contributed by atoms with Crippen LogP contribution in [0.4, 0.5) is 0 Å². The minimum atomic E-state index is 0.588. The maximum atomic E-state index is 5.96. The Bertz CT molecular complexity index is 140. The van der Waals surface area contributed by atoms with E-state index in [9.17, 15) is 0 Å². The summed E-state index contributed by atoms with van der Waals surface area (Å²) in [7, 11) is 2.05. The lowest BCUT2D eigenvalue weighted by atomic mass is 10.0. The standard InChI is InChI=1S/C7H13ClN/c1-6-4-3-5-9(2)7(6)8/h6H,3-5H2,1-2H3/q+1. The van der Waals surface area contributed by atoms with Crippen molar-refractivity contribution in [2.75, 3.05) is 13.6 Å². The first-order valence-electron chi connectivity index (χ1n) is 3.45. The Morgan fingerprint density at radius 3 is 2.78 bits per heavy atom. The Morgan fingerprint density at radius 2 is 2.33 bits per heavy atom. The lowest BCUT2D eigenvalue weighted by Crippen LogP contribution is -2.25. The highest BCUT2D eigenvalue weighted by atomic mass is 35.5. The van der Waals surface area contributed by atoms with E-state index in [-0.39, 0.29) is 0 Å². The molecule has 0 aromatic heterocycles. The van der Waals surface area contributed by atoms with Crippen LogP contribution in [0.3, 0.4) is 0 Å². The molecule has 0 fully saturated rings. The van der Waals surface area contributed by atoms with Gasteiger partial charge in [-0.1, -0.05) is 6.92 Å². The van der Waals surface area contributed by atoms with Gasteiger partial charge in [-0.15, -0.1) is 0 Å². The monoisotopic (exact) mass is 146 g/mol. The van der Waals surface area contributed by atoms with E-state index in [0.29, 0.717) is 5.92 Å². The molecule has 0 spiro atoms. The zero-order valence-electron chi connectivity index (χ0n) is 6.02. The zero-order chi connectivity index (χ0) is 6.85. The fourth-order valence-electron chi connectivity index (χ4n) is 1.24. The molecule has 2 heteroatoms. The smallest absolute Gasteiger partial charge is 0.226 e. The molecule has 0 amide bonds. The van der Waals surface area contributed by atoms with Gasteiger partial charge in [0, 0.05) is 6.42 Å². The van der Waals surface area contributed by atoms with Gasteiger partial charge in [0.25, 0.3) is 0 Å². The molecule has 0 saturated heterocycles. The van der Waals surface area contributed by atoms with Crippen LogP contribution >= 0.6 is 11.6 Å². The van der Waals surface area contributed by atoms with Crippen LogP contribution in [0.1, 0.15) is 19.8 Å². The summed E-state index contributed by atoms with van der Waals surface area (Å²) < 4.78 is 2.13. The first-order valence-corrected chi connectivity index (χ1v) is 3.83. The molecule has 0 aromatic carbocycles. The molecule has 0 saturated carbocycles. The molecular formula is C7H13ClN+. The van der Waals surface area contributed by atoms with Crippen LogP contribution in [0.5, 0.6) is 0 Å². The fourth-order valence-corrected chi connectivity index (χ4v) is 1.43. The molecule has 1 rings (SSSR count). The van der Waals surface area contributed by atoms with Crippen molar-refractivity contribution in [2.45, 2.75) is 19.8 Å². The first-order chi connectivity index (χ1) is 4.22. The molecule has 1 aliphatic heterocycles. The summed E-state index contributed by atoms with van der Waals surface area (Å²) in [5, 5.41) is 1.03. The van der Waals surface area contributed by atoms with E-state index in [1.54, 1.807) is 0 Å². The lowest BCUT2D eigenvalue weighted by Gasteiger charge is -2.12. The molecule has 1 heterocycles. The number of hydrogen-bond acceptors (Lipinski definition) is 0. The Balaban J connectivity index is 2.72. The molecule has 0 bridgehead atoms. The summed E-state index contributed by atoms with van der Waals surface area (Å²) in [5.41, 5.74) is 0. The second-order valence-corrected chi connectivity index (χ2v) is 3.17. The van der Waals surface area contributed by atoms with Crippen molar-refractivity contribution < 1.29 is 4.58 Å². The Labute approximate surface area is 61.3 Å². The number of nitrogens with zero attached hydrogens (tertiary/aromatic N) is 1. The van der Waals surface area contributed by atoms with Crippen LogP contribution in [0.2, 0.25) is 0 Å². The van der Waals surface area contributed by atoms with Crippen LogP contribution in [-0.4, -0.2) is 23.3 Å². The molecule has 1 aliphatic rings. The van der Waals surface area contributed by atoms with E-state index in [4.69, 9.17) is 11.6 Å². The van der Waals surface area contributed by atoms with E-state index in [1.165, 1.54) is 12.8 Å². The van der Waals surface area contributed by atoms with Gasteiger partial charge < -0.3 is 0 Å². The molecule has 1 nitrogen and oxygen atoms in total. The van der Waals surface area contributed by atoms with Crippen molar-refractivity contribution >= 4 is 16.8 Å². The van der Waals surface area contributed by atoms with Crippen molar-refractivity contribution in [3.8, 4) is 0 Å². The quantitative estimate of drug-likeness (QED) is 0.458. The molecule has 52 valence electrons. The van der Waals surface area contributed by atoms with Crippen molar-refractivity contribution in [1.29, 1.82) is 0 Å². The Kier molecular flexibility index (Phi) is 2.12. The van der Waals surface area contributed by atoms with Crippen molar-refractivity contribution in [2.24, 2.45) is 5.92 Å². The summed E-state index contributed by atoms with van der Waals surface area (Å²) in [5.74, 6) is 0.588. The van der Waals surface area contributed by atoms with Gasteiger partial charge in [0.1, 0.15) is 13.6 Å². The van der Waals surface area contributed by atoms with Gasteiger partial charge in [0.05, 0.1) is 5.92 Å². The number of hydrogen-bond donors (Lipinski definition) is 0. The summed E-state index contributed by atoms with van der Waals surface area (Å²) in [6.07, 6.45) is 2.54. The normalized spacial score (nSPS) is 29.0. The van der Waals surface area contributed by atoms with E-state index < -0.39 is 0 Å². The lowest BCUT2D eigenvalue weighted by molar-refractivity contribution is -0.502. The molecule has 1 atom stereocenters.